The monoisotopic (exact) mass is 368 g/mol. The topological polar surface area (TPSA) is 65.2 Å². The first kappa shape index (κ1) is 16.9. The van der Waals surface area contributed by atoms with E-state index in [9.17, 15) is 9.18 Å². The number of aryl methyl sites for hydroxylation is 1. The van der Waals surface area contributed by atoms with Crippen molar-refractivity contribution in [3.63, 3.8) is 0 Å². The molecule has 8 heteroatoms. The molecular weight excluding hydrogens is 355 g/mol. The number of nitrogens with zero attached hydrogens (tertiary/aromatic N) is 2. The van der Waals surface area contributed by atoms with Gasteiger partial charge in [-0.3, -0.25) is 0 Å². The van der Waals surface area contributed by atoms with Gasteiger partial charge < -0.3 is 9.26 Å². The van der Waals surface area contributed by atoms with Crippen LogP contribution < -0.4 is 0 Å². The highest BCUT2D eigenvalue weighted by Crippen LogP contribution is 2.36. The highest BCUT2D eigenvalue weighted by Gasteiger charge is 2.24. The van der Waals surface area contributed by atoms with E-state index in [0.29, 0.717) is 22.3 Å². The van der Waals surface area contributed by atoms with E-state index in [4.69, 9.17) is 20.9 Å². The minimum atomic E-state index is -0.700. The zero-order valence-corrected chi connectivity index (χ0v) is 14.6. The van der Waals surface area contributed by atoms with Crippen LogP contribution in [-0.2, 0) is 11.2 Å². The van der Waals surface area contributed by atoms with Gasteiger partial charge in [0.25, 0.3) is 5.89 Å². The van der Waals surface area contributed by atoms with Crippen molar-refractivity contribution in [3.05, 3.63) is 45.6 Å². The lowest BCUT2D eigenvalue weighted by Gasteiger charge is -2.08. The molecule has 0 aliphatic rings. The molecule has 2 aromatic heterocycles. The predicted molar refractivity (Wildman–Crippen MR) is 88.9 cm³/mol. The van der Waals surface area contributed by atoms with Crippen molar-refractivity contribution in [2.75, 3.05) is 0 Å². The number of ether oxygens (including phenoxy) is 1. The molecule has 0 aliphatic carbocycles. The molecule has 1 aromatic carbocycles. The Morgan fingerprint density at radius 2 is 2.29 bits per heavy atom. The number of esters is 1. The van der Waals surface area contributed by atoms with Gasteiger partial charge in [0.2, 0.25) is 0 Å². The molecule has 0 radical (unpaired) electrons. The van der Waals surface area contributed by atoms with E-state index in [1.165, 1.54) is 12.1 Å². The van der Waals surface area contributed by atoms with E-state index in [1.54, 1.807) is 13.0 Å². The van der Waals surface area contributed by atoms with Crippen LogP contribution in [0.2, 0.25) is 5.02 Å². The molecule has 0 amide bonds. The number of fused-ring (bicyclic) bond motifs is 1. The highest BCUT2D eigenvalue weighted by molar-refractivity contribution is 7.21. The van der Waals surface area contributed by atoms with Crippen LogP contribution in [0.4, 0.5) is 4.39 Å². The molecule has 3 rings (SSSR count). The van der Waals surface area contributed by atoms with Crippen LogP contribution in [0.25, 0.3) is 10.1 Å². The third kappa shape index (κ3) is 3.27. The molecule has 0 saturated carbocycles. The smallest absolute Gasteiger partial charge is 0.350 e. The summed E-state index contributed by atoms with van der Waals surface area (Å²) in [6.07, 6.45) is 0.882. The second-order valence-electron chi connectivity index (χ2n) is 5.23. The van der Waals surface area contributed by atoms with E-state index in [2.05, 4.69) is 10.1 Å². The second-order valence-corrected chi connectivity index (χ2v) is 6.66. The van der Waals surface area contributed by atoms with E-state index in [-0.39, 0.29) is 21.6 Å². The number of benzene rings is 1. The average Bonchev–Trinajstić information content (AvgIpc) is 3.13. The highest BCUT2D eigenvalue weighted by atomic mass is 35.5. The van der Waals surface area contributed by atoms with Crippen LogP contribution in [0.1, 0.15) is 47.8 Å². The van der Waals surface area contributed by atoms with Gasteiger partial charge in [0.05, 0.1) is 5.02 Å². The number of rotatable bonds is 5. The van der Waals surface area contributed by atoms with Gasteiger partial charge in [-0.1, -0.05) is 23.7 Å². The van der Waals surface area contributed by atoms with Gasteiger partial charge in [-0.2, -0.15) is 4.98 Å². The number of aromatic nitrogens is 2. The van der Waals surface area contributed by atoms with Crippen molar-refractivity contribution in [3.8, 4) is 0 Å². The fourth-order valence-corrected chi connectivity index (χ4v) is 3.61. The molecule has 24 heavy (non-hydrogen) atoms. The fourth-order valence-electron chi connectivity index (χ4n) is 2.19. The summed E-state index contributed by atoms with van der Waals surface area (Å²) in [6.45, 7) is 3.65. The molecular formula is C16H14ClFN2O3S. The Labute approximate surface area is 146 Å². The Balaban J connectivity index is 1.80. The van der Waals surface area contributed by atoms with Crippen molar-refractivity contribution in [2.45, 2.75) is 32.8 Å². The van der Waals surface area contributed by atoms with Crippen LogP contribution in [0.3, 0.4) is 0 Å². The minimum Gasteiger partial charge on any atom is -0.448 e. The molecule has 3 aromatic rings. The van der Waals surface area contributed by atoms with Gasteiger partial charge in [0, 0.05) is 16.5 Å². The van der Waals surface area contributed by atoms with Gasteiger partial charge in [-0.05, 0) is 31.5 Å². The molecule has 1 atom stereocenters. The molecule has 0 aliphatic heterocycles. The van der Waals surface area contributed by atoms with E-state index < -0.39 is 12.1 Å². The largest absolute Gasteiger partial charge is 0.448 e. The first-order valence-corrected chi connectivity index (χ1v) is 8.60. The summed E-state index contributed by atoms with van der Waals surface area (Å²) in [5.74, 6) is -0.187. The lowest BCUT2D eigenvalue weighted by Crippen LogP contribution is -2.08. The summed E-state index contributed by atoms with van der Waals surface area (Å²) in [5, 5.41) is 4.70. The van der Waals surface area contributed by atoms with Crippen molar-refractivity contribution >= 4 is 39.0 Å². The standard InChI is InChI=1S/C16H14ClFN2O3S/c1-3-4-12-19-15(23-20-12)8(2)22-16(21)14-13(17)10-6-5-9(18)7-11(10)24-14/h5-8H,3-4H2,1-2H3. The average molecular weight is 369 g/mol. The number of halogens is 2. The lowest BCUT2D eigenvalue weighted by atomic mass is 10.2. The summed E-state index contributed by atoms with van der Waals surface area (Å²) in [4.78, 5) is 16.8. The Hall–Kier alpha value is -1.99. The Morgan fingerprint density at radius 1 is 1.50 bits per heavy atom. The first-order valence-electron chi connectivity index (χ1n) is 7.40. The Morgan fingerprint density at radius 3 is 3.04 bits per heavy atom. The molecule has 2 heterocycles. The van der Waals surface area contributed by atoms with Crippen LogP contribution in [0.15, 0.2) is 22.7 Å². The molecule has 0 N–H and O–H groups in total. The summed E-state index contributed by atoms with van der Waals surface area (Å²) in [6, 6.07) is 4.17. The zero-order chi connectivity index (χ0) is 17.3. The number of hydrogen-bond acceptors (Lipinski definition) is 6. The number of carbonyl (C=O) groups is 1. The second kappa shape index (κ2) is 6.86. The Kier molecular flexibility index (Phi) is 4.82. The van der Waals surface area contributed by atoms with Crippen LogP contribution in [-0.4, -0.2) is 16.1 Å². The van der Waals surface area contributed by atoms with Gasteiger partial charge in [-0.25, -0.2) is 9.18 Å². The van der Waals surface area contributed by atoms with Crippen molar-refractivity contribution in [1.82, 2.24) is 10.1 Å². The van der Waals surface area contributed by atoms with Gasteiger partial charge >= 0.3 is 5.97 Å². The minimum absolute atomic E-state index is 0.220. The lowest BCUT2D eigenvalue weighted by molar-refractivity contribution is 0.0271. The Bertz CT molecular complexity index is 893. The predicted octanol–water partition coefficient (Wildman–Crippen LogP) is 4.95. The molecule has 0 saturated heterocycles. The maximum absolute atomic E-state index is 13.3. The molecule has 0 fully saturated rings. The van der Waals surface area contributed by atoms with Crippen molar-refractivity contribution < 1.29 is 18.4 Å². The zero-order valence-electron chi connectivity index (χ0n) is 13.0. The fraction of sp³-hybridized carbons (Fsp3) is 0.312. The molecule has 0 bridgehead atoms. The van der Waals surface area contributed by atoms with Crippen molar-refractivity contribution in [1.29, 1.82) is 0 Å². The third-order valence-corrected chi connectivity index (χ3v) is 5.00. The molecule has 126 valence electrons. The maximum Gasteiger partial charge on any atom is 0.350 e. The van der Waals surface area contributed by atoms with Crippen LogP contribution >= 0.6 is 22.9 Å². The van der Waals surface area contributed by atoms with Gasteiger partial charge in [0.15, 0.2) is 11.9 Å². The summed E-state index contributed by atoms with van der Waals surface area (Å²) < 4.78 is 24.3. The number of hydrogen-bond donors (Lipinski definition) is 0. The third-order valence-electron chi connectivity index (χ3n) is 3.37. The van der Waals surface area contributed by atoms with E-state index >= 15 is 0 Å². The summed E-state index contributed by atoms with van der Waals surface area (Å²) in [7, 11) is 0. The summed E-state index contributed by atoms with van der Waals surface area (Å²) in [5.41, 5.74) is 0. The number of thiophene rings is 1. The molecule has 1 unspecified atom stereocenters. The van der Waals surface area contributed by atoms with Crippen LogP contribution in [0.5, 0.6) is 0 Å². The maximum atomic E-state index is 13.3. The van der Waals surface area contributed by atoms with Gasteiger partial charge in [-0.15, -0.1) is 11.3 Å². The van der Waals surface area contributed by atoms with E-state index in [0.717, 1.165) is 17.8 Å². The quantitative estimate of drug-likeness (QED) is 0.596. The SMILES string of the molecule is CCCc1noc(C(C)OC(=O)c2sc3cc(F)ccc3c2Cl)n1. The number of carbonyl (C=O) groups excluding carboxylic acids is 1. The molecule has 0 spiro atoms. The summed E-state index contributed by atoms with van der Waals surface area (Å²) >= 11 is 7.30. The van der Waals surface area contributed by atoms with Crippen LogP contribution in [0, 0.1) is 5.82 Å². The van der Waals surface area contributed by atoms with Gasteiger partial charge in [0.1, 0.15) is 10.7 Å². The first-order chi connectivity index (χ1) is 11.5. The normalized spacial score (nSPS) is 12.5. The van der Waals surface area contributed by atoms with Crippen molar-refractivity contribution in [2.24, 2.45) is 0 Å². The molecule has 5 nitrogen and oxygen atoms in total. The van der Waals surface area contributed by atoms with E-state index in [1.807, 2.05) is 6.92 Å².